The average Bonchev–Trinajstić information content (AvgIpc) is 2.46. The van der Waals surface area contributed by atoms with Gasteiger partial charge in [-0.05, 0) is 12.5 Å². The molecule has 0 unspecified atom stereocenters. The van der Waals surface area contributed by atoms with Crippen molar-refractivity contribution in [1.29, 1.82) is 0 Å². The summed E-state index contributed by atoms with van der Waals surface area (Å²) in [4.78, 5) is 22.7. The molecule has 0 saturated carbocycles. The van der Waals surface area contributed by atoms with E-state index in [-0.39, 0.29) is 40.7 Å². The first-order valence-corrected chi connectivity index (χ1v) is 7.14. The molecule has 0 radical (unpaired) electrons. The summed E-state index contributed by atoms with van der Waals surface area (Å²) in [6.45, 7) is 2.49. The first kappa shape index (κ1) is 20.2. The molecule has 0 spiro atoms. The molecule has 1 aromatic carbocycles. The van der Waals surface area contributed by atoms with E-state index in [1.807, 2.05) is 0 Å². The largest absolute Gasteiger partial charge is 1.00 e. The zero-order valence-corrected chi connectivity index (χ0v) is 14.9. The molecule has 0 bridgehead atoms. The Hall–Kier alpha value is -0.840. The van der Waals surface area contributed by atoms with Gasteiger partial charge in [0.2, 0.25) is 0 Å². The second-order valence-electron chi connectivity index (χ2n) is 4.74. The Morgan fingerprint density at radius 1 is 1.00 bits per heavy atom. The van der Waals surface area contributed by atoms with Crippen molar-refractivity contribution >= 4 is 11.9 Å². The van der Waals surface area contributed by atoms with Gasteiger partial charge in [0.25, 0.3) is 0 Å². The molecule has 0 aromatic heterocycles. The summed E-state index contributed by atoms with van der Waals surface area (Å²) in [5.74, 6) is -1.96. The maximum Gasteiger partial charge on any atom is 1.00 e. The fraction of sp³-hybridized carbons (Fsp3) is 0.500. The molecule has 0 amide bonds. The Morgan fingerprint density at radius 3 is 2.19 bits per heavy atom. The van der Waals surface area contributed by atoms with E-state index in [4.69, 9.17) is 4.74 Å². The minimum atomic E-state index is -1.36. The fourth-order valence-electron chi connectivity index (χ4n) is 1.96. The predicted octanol–water partition coefficient (Wildman–Crippen LogP) is -0.429. The van der Waals surface area contributed by atoms with Crippen LogP contribution in [0.25, 0.3) is 0 Å². The second kappa shape index (κ2) is 11.8. The van der Waals surface area contributed by atoms with Crippen LogP contribution in [0.4, 0.5) is 0 Å². The molecule has 4 nitrogen and oxygen atoms in total. The maximum absolute atomic E-state index is 11.8. The van der Waals surface area contributed by atoms with Crippen molar-refractivity contribution in [3.8, 4) is 0 Å². The van der Waals surface area contributed by atoms with Crippen LogP contribution in [-0.4, -0.2) is 18.5 Å². The van der Waals surface area contributed by atoms with E-state index >= 15 is 0 Å². The molecule has 1 aromatic rings. The number of hydrogen-bond acceptors (Lipinski definition) is 4. The summed E-state index contributed by atoms with van der Waals surface area (Å²) < 4.78 is 5.10. The van der Waals surface area contributed by atoms with Crippen LogP contribution in [0.1, 0.15) is 66.2 Å². The van der Waals surface area contributed by atoms with Crippen molar-refractivity contribution in [3.63, 3.8) is 0 Å². The fourth-order valence-corrected chi connectivity index (χ4v) is 1.96. The Labute approximate surface area is 148 Å². The van der Waals surface area contributed by atoms with Crippen LogP contribution < -0.4 is 34.7 Å². The summed E-state index contributed by atoms with van der Waals surface area (Å²) in [7, 11) is 0. The Balaban J connectivity index is 0.00000400. The first-order chi connectivity index (χ1) is 9.66. The number of carboxylic acids is 1. The monoisotopic (exact) mass is 300 g/mol. The van der Waals surface area contributed by atoms with Gasteiger partial charge >= 0.3 is 35.5 Å². The van der Waals surface area contributed by atoms with E-state index in [9.17, 15) is 14.7 Å². The minimum absolute atomic E-state index is 0. The molecule has 0 aliphatic carbocycles. The number of carbonyl (C=O) groups excluding carboxylic acids is 2. The number of ether oxygens (including phenoxy) is 1. The molecule has 0 saturated heterocycles. The zero-order chi connectivity index (χ0) is 14.8. The summed E-state index contributed by atoms with van der Waals surface area (Å²) in [6.07, 6.45) is 6.62. The maximum atomic E-state index is 11.8. The van der Waals surface area contributed by atoms with E-state index in [1.54, 1.807) is 12.1 Å². The number of hydrogen-bond donors (Lipinski definition) is 0. The molecule has 0 atom stereocenters. The van der Waals surface area contributed by atoms with E-state index < -0.39 is 11.9 Å². The Bertz CT molecular complexity index is 446. The van der Waals surface area contributed by atoms with Gasteiger partial charge in [-0.15, -0.1) is 0 Å². The number of carbonyl (C=O) groups is 2. The van der Waals surface area contributed by atoms with Gasteiger partial charge < -0.3 is 14.6 Å². The quantitative estimate of drug-likeness (QED) is 0.353. The molecule has 0 heterocycles. The number of carboxylic acid groups (broad SMARTS) is 1. The van der Waals surface area contributed by atoms with Crippen molar-refractivity contribution < 1.29 is 49.0 Å². The summed E-state index contributed by atoms with van der Waals surface area (Å²) in [6, 6.07) is 5.94. The predicted molar refractivity (Wildman–Crippen MR) is 74.4 cm³/mol. The van der Waals surface area contributed by atoms with Crippen LogP contribution in [0.15, 0.2) is 24.3 Å². The van der Waals surface area contributed by atoms with Gasteiger partial charge in [0.15, 0.2) is 0 Å². The van der Waals surface area contributed by atoms with E-state index in [0.717, 1.165) is 19.3 Å². The van der Waals surface area contributed by atoms with Crippen molar-refractivity contribution in [3.05, 3.63) is 35.4 Å². The minimum Gasteiger partial charge on any atom is -0.545 e. The van der Waals surface area contributed by atoms with Gasteiger partial charge in [-0.2, -0.15) is 0 Å². The van der Waals surface area contributed by atoms with Crippen LogP contribution in [0.3, 0.4) is 0 Å². The average molecular weight is 300 g/mol. The molecule has 0 N–H and O–H groups in total. The molecular weight excluding hydrogens is 279 g/mol. The molecule has 21 heavy (non-hydrogen) atoms. The smallest absolute Gasteiger partial charge is 0.545 e. The Morgan fingerprint density at radius 2 is 1.57 bits per heavy atom. The third-order valence-corrected chi connectivity index (χ3v) is 3.10. The SMILES string of the molecule is CCCCCCCCOC(=O)c1ccccc1C(=O)[O-].[Na+]. The van der Waals surface area contributed by atoms with Crippen LogP contribution >= 0.6 is 0 Å². The van der Waals surface area contributed by atoms with Gasteiger partial charge in [-0.3, -0.25) is 0 Å². The van der Waals surface area contributed by atoms with E-state index in [1.165, 1.54) is 31.4 Å². The topological polar surface area (TPSA) is 66.4 Å². The number of unbranched alkanes of at least 4 members (excludes halogenated alkanes) is 5. The van der Waals surface area contributed by atoms with Gasteiger partial charge in [0.05, 0.1) is 18.1 Å². The second-order valence-corrected chi connectivity index (χ2v) is 4.74. The van der Waals surface area contributed by atoms with Crippen molar-refractivity contribution in [2.45, 2.75) is 45.4 Å². The van der Waals surface area contributed by atoms with Crippen LogP contribution in [-0.2, 0) is 4.74 Å². The molecule has 5 heteroatoms. The Kier molecular flexibility index (Phi) is 11.3. The third kappa shape index (κ3) is 7.65. The zero-order valence-electron chi connectivity index (χ0n) is 12.9. The van der Waals surface area contributed by atoms with Gasteiger partial charge in [-0.25, -0.2) is 4.79 Å². The van der Waals surface area contributed by atoms with Crippen LogP contribution in [0.2, 0.25) is 0 Å². The van der Waals surface area contributed by atoms with Crippen LogP contribution in [0, 0.1) is 0 Å². The molecule has 0 aliphatic heterocycles. The van der Waals surface area contributed by atoms with Crippen molar-refractivity contribution in [1.82, 2.24) is 0 Å². The van der Waals surface area contributed by atoms with Gasteiger partial charge in [0.1, 0.15) is 0 Å². The standard InChI is InChI=1S/C16H22O4.Na/c1-2-3-4-5-6-9-12-20-16(19)14-11-8-7-10-13(14)15(17)18;/h7-8,10-11H,2-6,9,12H2,1H3,(H,17,18);/q;+1/p-1. The van der Waals surface area contributed by atoms with Crippen molar-refractivity contribution in [2.75, 3.05) is 6.61 Å². The third-order valence-electron chi connectivity index (χ3n) is 3.10. The van der Waals surface area contributed by atoms with E-state index in [2.05, 4.69) is 6.92 Å². The van der Waals surface area contributed by atoms with Gasteiger partial charge in [-0.1, -0.05) is 57.2 Å². The molecule has 1 rings (SSSR count). The summed E-state index contributed by atoms with van der Waals surface area (Å²) in [5, 5.41) is 10.9. The van der Waals surface area contributed by atoms with Crippen molar-refractivity contribution in [2.24, 2.45) is 0 Å². The number of aromatic carboxylic acids is 1. The normalized spacial score (nSPS) is 9.76. The van der Waals surface area contributed by atoms with E-state index in [0.29, 0.717) is 6.61 Å². The summed E-state index contributed by atoms with van der Waals surface area (Å²) >= 11 is 0. The molecular formula is C16H21NaO4. The summed E-state index contributed by atoms with van der Waals surface area (Å²) in [5.41, 5.74) is -0.0704. The molecule has 0 fully saturated rings. The number of esters is 1. The van der Waals surface area contributed by atoms with Gasteiger partial charge in [0, 0.05) is 5.56 Å². The first-order valence-electron chi connectivity index (χ1n) is 7.14. The molecule has 110 valence electrons. The van der Waals surface area contributed by atoms with Crippen LogP contribution in [0.5, 0.6) is 0 Å². The number of rotatable bonds is 9. The number of benzene rings is 1. The molecule has 0 aliphatic rings.